The molecular formula is C14H26N4O2S. The molecule has 0 bridgehead atoms. The normalized spacial score (nSPS) is 16.1. The van der Waals surface area contributed by atoms with E-state index in [1.807, 2.05) is 17.7 Å². The highest BCUT2D eigenvalue weighted by Crippen LogP contribution is 2.14. The van der Waals surface area contributed by atoms with Gasteiger partial charge in [-0.05, 0) is 25.5 Å². The highest BCUT2D eigenvalue weighted by Gasteiger charge is 2.18. The number of nitrogens with zero attached hydrogens (tertiary/aromatic N) is 3. The summed E-state index contributed by atoms with van der Waals surface area (Å²) in [6, 6.07) is 2.02. The molecule has 0 radical (unpaired) electrons. The summed E-state index contributed by atoms with van der Waals surface area (Å²) >= 11 is 0. The van der Waals surface area contributed by atoms with Crippen molar-refractivity contribution in [3.05, 3.63) is 17.5 Å². The molecule has 0 amide bonds. The van der Waals surface area contributed by atoms with Crippen LogP contribution in [0.25, 0.3) is 0 Å². The zero-order valence-corrected chi connectivity index (χ0v) is 13.8. The predicted molar refractivity (Wildman–Crippen MR) is 83.3 cm³/mol. The summed E-state index contributed by atoms with van der Waals surface area (Å²) < 4.78 is 27.9. The number of rotatable bonds is 8. The number of aromatic nitrogens is 2. The number of nitrogens with one attached hydrogen (secondary N) is 1. The van der Waals surface area contributed by atoms with Crippen LogP contribution in [0.2, 0.25) is 0 Å². The highest BCUT2D eigenvalue weighted by molar-refractivity contribution is 7.89. The maximum absolute atomic E-state index is 11.7. The van der Waals surface area contributed by atoms with Crippen LogP contribution in [0.3, 0.4) is 0 Å². The molecule has 1 aliphatic rings. The van der Waals surface area contributed by atoms with E-state index in [1.165, 1.54) is 18.5 Å². The van der Waals surface area contributed by atoms with Crippen LogP contribution in [0.1, 0.15) is 44.5 Å². The van der Waals surface area contributed by atoms with E-state index in [9.17, 15) is 8.42 Å². The predicted octanol–water partition coefficient (Wildman–Crippen LogP) is 1.33. The summed E-state index contributed by atoms with van der Waals surface area (Å²) in [5.74, 6) is 0.172. The fraction of sp³-hybridized carbons (Fsp3) is 0.786. The van der Waals surface area contributed by atoms with Gasteiger partial charge in [0, 0.05) is 13.1 Å². The lowest BCUT2D eigenvalue weighted by Gasteiger charge is -2.27. The Hall–Kier alpha value is -0.920. The van der Waals surface area contributed by atoms with Crippen molar-refractivity contribution in [1.82, 2.24) is 19.4 Å². The van der Waals surface area contributed by atoms with Crippen molar-refractivity contribution in [2.75, 3.05) is 18.8 Å². The van der Waals surface area contributed by atoms with Gasteiger partial charge in [-0.1, -0.05) is 20.3 Å². The Morgan fingerprint density at radius 1 is 1.29 bits per heavy atom. The van der Waals surface area contributed by atoms with Crippen molar-refractivity contribution in [1.29, 1.82) is 0 Å². The third kappa shape index (κ3) is 4.79. The lowest BCUT2D eigenvalue weighted by Crippen LogP contribution is -2.34. The lowest BCUT2D eigenvalue weighted by molar-refractivity contribution is 0.210. The molecule has 6 nitrogen and oxygen atoms in total. The summed E-state index contributed by atoms with van der Waals surface area (Å²) in [7, 11) is -3.16. The average molecular weight is 314 g/mol. The van der Waals surface area contributed by atoms with E-state index in [0.717, 1.165) is 31.9 Å². The number of fused-ring (bicyclic) bond motifs is 1. The van der Waals surface area contributed by atoms with E-state index in [0.29, 0.717) is 6.42 Å². The smallest absolute Gasteiger partial charge is 0.211 e. The van der Waals surface area contributed by atoms with Gasteiger partial charge in [0.15, 0.2) is 0 Å². The number of hydrogen-bond acceptors (Lipinski definition) is 4. The highest BCUT2D eigenvalue weighted by atomic mass is 32.2. The van der Waals surface area contributed by atoms with Gasteiger partial charge in [-0.25, -0.2) is 13.1 Å². The van der Waals surface area contributed by atoms with Gasteiger partial charge in [-0.15, -0.1) is 0 Å². The van der Waals surface area contributed by atoms with Crippen LogP contribution in [0, 0.1) is 0 Å². The molecule has 2 rings (SSSR count). The van der Waals surface area contributed by atoms with Crippen LogP contribution in [0.4, 0.5) is 0 Å². The molecule has 0 fully saturated rings. The Balaban J connectivity index is 1.92. The van der Waals surface area contributed by atoms with E-state index in [4.69, 9.17) is 0 Å². The van der Waals surface area contributed by atoms with E-state index < -0.39 is 10.0 Å². The maximum atomic E-state index is 11.7. The van der Waals surface area contributed by atoms with Crippen LogP contribution < -0.4 is 4.72 Å². The van der Waals surface area contributed by atoms with E-state index >= 15 is 0 Å². The minimum Gasteiger partial charge on any atom is -0.296 e. The zero-order chi connectivity index (χ0) is 15.3. The first-order valence-corrected chi connectivity index (χ1v) is 9.44. The van der Waals surface area contributed by atoms with Gasteiger partial charge in [0.1, 0.15) is 0 Å². The Morgan fingerprint density at radius 3 is 2.81 bits per heavy atom. The second-order valence-corrected chi connectivity index (χ2v) is 7.55. The number of hydrogen-bond donors (Lipinski definition) is 1. The second-order valence-electron chi connectivity index (χ2n) is 5.62. The minimum atomic E-state index is -3.16. The van der Waals surface area contributed by atoms with Gasteiger partial charge in [0.25, 0.3) is 0 Å². The Morgan fingerprint density at radius 2 is 2.10 bits per heavy atom. The van der Waals surface area contributed by atoms with Gasteiger partial charge in [-0.3, -0.25) is 9.58 Å². The van der Waals surface area contributed by atoms with Crippen LogP contribution in [-0.2, 0) is 29.7 Å². The van der Waals surface area contributed by atoms with Gasteiger partial charge >= 0.3 is 0 Å². The summed E-state index contributed by atoms with van der Waals surface area (Å²) in [4.78, 5) is 2.44. The van der Waals surface area contributed by atoms with E-state index in [1.54, 1.807) is 0 Å². The second kappa shape index (κ2) is 7.38. The lowest BCUT2D eigenvalue weighted by atomic mass is 10.2. The van der Waals surface area contributed by atoms with Crippen LogP contribution >= 0.6 is 0 Å². The summed E-state index contributed by atoms with van der Waals surface area (Å²) in [5.41, 5.74) is 1.99. The molecule has 7 heteroatoms. The molecule has 120 valence electrons. The Bertz CT molecular complexity index is 553. The summed E-state index contributed by atoms with van der Waals surface area (Å²) in [6.07, 6.45) is 3.06. The average Bonchev–Trinajstić information content (AvgIpc) is 2.85. The molecule has 21 heavy (non-hydrogen) atoms. The van der Waals surface area contributed by atoms with Crippen molar-refractivity contribution < 1.29 is 8.42 Å². The van der Waals surface area contributed by atoms with Crippen molar-refractivity contribution in [3.63, 3.8) is 0 Å². The first kappa shape index (κ1) is 16.5. The topological polar surface area (TPSA) is 67.2 Å². The number of unbranched alkanes of at least 4 members (excludes halogenated alkanes) is 1. The molecule has 0 aromatic carbocycles. The minimum absolute atomic E-state index is 0.172. The van der Waals surface area contributed by atoms with Crippen LogP contribution in [0.15, 0.2) is 6.07 Å². The number of sulfonamides is 1. The standard InChI is InChI=1S/C14H26N4O2S/c1-3-5-6-17-7-8-18-14(12-17)10-13(16-18)11-15-21(19,20)9-4-2/h10,15H,3-9,11-12H2,1-2H3. The van der Waals surface area contributed by atoms with Crippen molar-refractivity contribution in [2.24, 2.45) is 0 Å². The molecule has 0 saturated heterocycles. The summed E-state index contributed by atoms with van der Waals surface area (Å²) in [5, 5.41) is 4.49. The van der Waals surface area contributed by atoms with Gasteiger partial charge in [0.2, 0.25) is 10.0 Å². The Kier molecular flexibility index (Phi) is 5.78. The maximum Gasteiger partial charge on any atom is 0.211 e. The molecule has 1 N–H and O–H groups in total. The monoisotopic (exact) mass is 314 g/mol. The van der Waals surface area contributed by atoms with Crippen molar-refractivity contribution >= 4 is 10.0 Å². The molecule has 0 aliphatic carbocycles. The molecule has 1 aliphatic heterocycles. The fourth-order valence-electron chi connectivity index (χ4n) is 2.56. The van der Waals surface area contributed by atoms with Crippen LogP contribution in [-0.4, -0.2) is 41.9 Å². The SMILES string of the molecule is CCCCN1CCn2nc(CNS(=O)(=O)CCC)cc2C1. The molecule has 0 saturated carbocycles. The molecule has 1 aromatic heterocycles. The molecular weight excluding hydrogens is 288 g/mol. The zero-order valence-electron chi connectivity index (χ0n) is 13.0. The third-order valence-electron chi connectivity index (χ3n) is 3.70. The first-order valence-electron chi connectivity index (χ1n) is 7.79. The van der Waals surface area contributed by atoms with Crippen molar-refractivity contribution in [2.45, 2.75) is 52.7 Å². The largest absolute Gasteiger partial charge is 0.296 e. The van der Waals surface area contributed by atoms with Crippen LogP contribution in [0.5, 0.6) is 0 Å². The van der Waals surface area contributed by atoms with Gasteiger partial charge in [-0.2, -0.15) is 5.10 Å². The molecule has 0 unspecified atom stereocenters. The van der Waals surface area contributed by atoms with E-state index in [-0.39, 0.29) is 12.3 Å². The van der Waals surface area contributed by atoms with Gasteiger partial charge < -0.3 is 0 Å². The third-order valence-corrected chi connectivity index (χ3v) is 5.23. The van der Waals surface area contributed by atoms with E-state index in [2.05, 4.69) is 21.6 Å². The molecule has 2 heterocycles. The molecule has 1 aromatic rings. The molecule has 0 spiro atoms. The first-order chi connectivity index (χ1) is 10.0. The quantitative estimate of drug-likeness (QED) is 0.786. The summed E-state index contributed by atoms with van der Waals surface area (Å²) in [6.45, 7) is 8.30. The Labute approximate surface area is 127 Å². The fourth-order valence-corrected chi connectivity index (χ4v) is 3.61. The van der Waals surface area contributed by atoms with Crippen molar-refractivity contribution in [3.8, 4) is 0 Å². The molecule has 0 atom stereocenters. The van der Waals surface area contributed by atoms with Gasteiger partial charge in [0.05, 0.1) is 30.2 Å².